The van der Waals surface area contributed by atoms with Gasteiger partial charge in [0.2, 0.25) is 0 Å². The number of hydrogen-bond donors (Lipinski definition) is 1. The van der Waals surface area contributed by atoms with Gasteiger partial charge in [-0.25, -0.2) is 4.68 Å². The Morgan fingerprint density at radius 2 is 1.95 bits per heavy atom. The minimum absolute atomic E-state index is 0.157. The molecular formula is C16H19N3O3. The van der Waals surface area contributed by atoms with Crippen LogP contribution in [0.1, 0.15) is 23.0 Å². The van der Waals surface area contributed by atoms with Crippen LogP contribution in [0.25, 0.3) is 5.69 Å². The Hall–Kier alpha value is -2.63. The number of para-hydroxylation sites is 1. The molecule has 6 nitrogen and oxygen atoms in total. The second-order valence-electron chi connectivity index (χ2n) is 5.33. The Kier molecular flexibility index (Phi) is 4.60. The van der Waals surface area contributed by atoms with Crippen LogP contribution in [0.3, 0.4) is 0 Å². The molecule has 116 valence electrons. The van der Waals surface area contributed by atoms with Crippen molar-refractivity contribution in [2.45, 2.75) is 13.8 Å². The Balaban J connectivity index is 2.20. The minimum Gasteiger partial charge on any atom is -0.481 e. The molecule has 0 radical (unpaired) electrons. The molecule has 1 aromatic carbocycles. The Bertz CT molecular complexity index is 679. The SMILES string of the molecule is Cc1nn(-c2ccccc2)cc1C(=O)N(C)CC(C)C(=O)O. The zero-order valence-corrected chi connectivity index (χ0v) is 12.9. The van der Waals surface area contributed by atoms with Crippen LogP contribution < -0.4 is 0 Å². The van der Waals surface area contributed by atoms with Crippen LogP contribution in [0, 0.1) is 12.8 Å². The summed E-state index contributed by atoms with van der Waals surface area (Å²) in [5, 5.41) is 13.3. The summed E-state index contributed by atoms with van der Waals surface area (Å²) in [6.45, 7) is 3.50. The third kappa shape index (κ3) is 3.33. The average molecular weight is 301 g/mol. The number of carbonyl (C=O) groups excluding carboxylic acids is 1. The molecule has 1 aromatic heterocycles. The van der Waals surface area contributed by atoms with Crippen molar-refractivity contribution in [3.05, 3.63) is 47.8 Å². The average Bonchev–Trinajstić information content (AvgIpc) is 2.89. The van der Waals surface area contributed by atoms with Gasteiger partial charge in [0.05, 0.1) is 22.9 Å². The Labute approximate surface area is 129 Å². The zero-order chi connectivity index (χ0) is 16.3. The van der Waals surface area contributed by atoms with Crippen molar-refractivity contribution >= 4 is 11.9 Å². The highest BCUT2D eigenvalue weighted by Gasteiger charge is 2.21. The smallest absolute Gasteiger partial charge is 0.308 e. The molecule has 0 aliphatic carbocycles. The van der Waals surface area contributed by atoms with Gasteiger partial charge in [-0.05, 0) is 19.1 Å². The third-order valence-corrected chi connectivity index (χ3v) is 3.47. The zero-order valence-electron chi connectivity index (χ0n) is 12.9. The first-order valence-electron chi connectivity index (χ1n) is 7.00. The topological polar surface area (TPSA) is 75.4 Å². The highest BCUT2D eigenvalue weighted by atomic mass is 16.4. The van der Waals surface area contributed by atoms with Gasteiger partial charge in [-0.1, -0.05) is 25.1 Å². The van der Waals surface area contributed by atoms with Gasteiger partial charge in [0.15, 0.2) is 0 Å². The van der Waals surface area contributed by atoms with E-state index in [1.54, 1.807) is 31.8 Å². The van der Waals surface area contributed by atoms with Crippen molar-refractivity contribution in [1.29, 1.82) is 0 Å². The van der Waals surface area contributed by atoms with E-state index in [4.69, 9.17) is 5.11 Å². The molecular weight excluding hydrogens is 282 g/mol. The molecule has 0 bridgehead atoms. The van der Waals surface area contributed by atoms with Gasteiger partial charge in [0.25, 0.3) is 5.91 Å². The molecule has 0 saturated heterocycles. The first-order valence-corrected chi connectivity index (χ1v) is 7.00. The molecule has 1 heterocycles. The maximum absolute atomic E-state index is 12.4. The largest absolute Gasteiger partial charge is 0.481 e. The van der Waals surface area contributed by atoms with Gasteiger partial charge in [-0.15, -0.1) is 0 Å². The molecule has 0 aliphatic heterocycles. The van der Waals surface area contributed by atoms with E-state index in [1.165, 1.54) is 4.90 Å². The van der Waals surface area contributed by atoms with Crippen molar-refractivity contribution < 1.29 is 14.7 Å². The summed E-state index contributed by atoms with van der Waals surface area (Å²) < 4.78 is 1.65. The molecule has 1 amide bonds. The van der Waals surface area contributed by atoms with Gasteiger partial charge in [-0.2, -0.15) is 5.10 Å². The number of hydrogen-bond acceptors (Lipinski definition) is 3. The Morgan fingerprint density at radius 1 is 1.32 bits per heavy atom. The lowest BCUT2D eigenvalue weighted by atomic mass is 10.1. The summed E-state index contributed by atoms with van der Waals surface area (Å²) in [6, 6.07) is 9.50. The maximum Gasteiger partial charge on any atom is 0.308 e. The standard InChI is InChI=1S/C16H19N3O3/c1-11(16(21)22)9-18(3)15(20)14-10-19(17-12(14)2)13-7-5-4-6-8-13/h4-8,10-11H,9H2,1-3H3,(H,21,22). The number of nitrogens with zero attached hydrogens (tertiary/aromatic N) is 3. The molecule has 0 aliphatic rings. The molecule has 0 fully saturated rings. The van der Waals surface area contributed by atoms with Crippen molar-refractivity contribution in [3.8, 4) is 5.69 Å². The number of rotatable bonds is 5. The number of aryl methyl sites for hydroxylation is 1. The summed E-state index contributed by atoms with van der Waals surface area (Å²) in [7, 11) is 1.60. The van der Waals surface area contributed by atoms with E-state index in [9.17, 15) is 9.59 Å². The normalized spacial score (nSPS) is 12.0. The van der Waals surface area contributed by atoms with Crippen LogP contribution in [-0.2, 0) is 4.79 Å². The van der Waals surface area contributed by atoms with Crippen LogP contribution >= 0.6 is 0 Å². The summed E-state index contributed by atoms with van der Waals surface area (Å²) in [5.41, 5.74) is 1.96. The fraction of sp³-hybridized carbons (Fsp3) is 0.312. The first kappa shape index (κ1) is 15.8. The molecule has 1 unspecified atom stereocenters. The van der Waals surface area contributed by atoms with E-state index >= 15 is 0 Å². The van der Waals surface area contributed by atoms with Gasteiger partial charge < -0.3 is 10.0 Å². The lowest BCUT2D eigenvalue weighted by Gasteiger charge is -2.18. The number of carboxylic acid groups (broad SMARTS) is 1. The summed E-state index contributed by atoms with van der Waals surface area (Å²) in [6.07, 6.45) is 1.68. The molecule has 6 heteroatoms. The molecule has 2 aromatic rings. The number of carbonyl (C=O) groups is 2. The predicted octanol–water partition coefficient (Wildman–Crippen LogP) is 1.97. The first-order chi connectivity index (χ1) is 10.4. The van der Waals surface area contributed by atoms with E-state index in [1.807, 2.05) is 30.3 Å². The molecule has 0 spiro atoms. The lowest BCUT2D eigenvalue weighted by molar-refractivity contribution is -0.141. The Morgan fingerprint density at radius 3 is 2.55 bits per heavy atom. The van der Waals surface area contributed by atoms with E-state index in [0.29, 0.717) is 11.3 Å². The van der Waals surface area contributed by atoms with Crippen LogP contribution in [0.15, 0.2) is 36.5 Å². The number of benzene rings is 1. The number of aliphatic carboxylic acids is 1. The number of amides is 1. The summed E-state index contributed by atoms with van der Waals surface area (Å²) >= 11 is 0. The fourth-order valence-electron chi connectivity index (χ4n) is 2.16. The molecule has 1 atom stereocenters. The highest BCUT2D eigenvalue weighted by molar-refractivity contribution is 5.95. The quantitative estimate of drug-likeness (QED) is 0.916. The van der Waals surface area contributed by atoms with Crippen molar-refractivity contribution in [2.75, 3.05) is 13.6 Å². The minimum atomic E-state index is -0.920. The maximum atomic E-state index is 12.4. The van der Waals surface area contributed by atoms with Gasteiger partial charge in [-0.3, -0.25) is 9.59 Å². The number of carboxylic acids is 1. The van der Waals surface area contributed by atoms with Crippen LogP contribution in [-0.4, -0.2) is 45.3 Å². The van der Waals surface area contributed by atoms with E-state index in [0.717, 1.165) is 5.69 Å². The second-order valence-corrected chi connectivity index (χ2v) is 5.33. The van der Waals surface area contributed by atoms with Gasteiger partial charge in [0, 0.05) is 19.8 Å². The van der Waals surface area contributed by atoms with Crippen LogP contribution in [0.2, 0.25) is 0 Å². The van der Waals surface area contributed by atoms with Crippen LogP contribution in [0.4, 0.5) is 0 Å². The molecule has 1 N–H and O–H groups in total. The van der Waals surface area contributed by atoms with Gasteiger partial charge in [0.1, 0.15) is 0 Å². The highest BCUT2D eigenvalue weighted by Crippen LogP contribution is 2.14. The van der Waals surface area contributed by atoms with Gasteiger partial charge >= 0.3 is 5.97 Å². The van der Waals surface area contributed by atoms with Crippen molar-refractivity contribution in [1.82, 2.24) is 14.7 Å². The second kappa shape index (κ2) is 6.43. The molecule has 22 heavy (non-hydrogen) atoms. The van der Waals surface area contributed by atoms with E-state index in [2.05, 4.69) is 5.10 Å². The van der Waals surface area contributed by atoms with Crippen molar-refractivity contribution in [2.24, 2.45) is 5.92 Å². The van der Waals surface area contributed by atoms with Crippen molar-refractivity contribution in [3.63, 3.8) is 0 Å². The third-order valence-electron chi connectivity index (χ3n) is 3.47. The lowest BCUT2D eigenvalue weighted by Crippen LogP contribution is -2.33. The summed E-state index contributed by atoms with van der Waals surface area (Å²) in [4.78, 5) is 24.8. The monoisotopic (exact) mass is 301 g/mol. The van der Waals surface area contributed by atoms with Crippen LogP contribution in [0.5, 0.6) is 0 Å². The van der Waals surface area contributed by atoms with E-state index in [-0.39, 0.29) is 12.5 Å². The van der Waals surface area contributed by atoms with E-state index < -0.39 is 11.9 Å². The fourth-order valence-corrected chi connectivity index (χ4v) is 2.16. The number of aromatic nitrogens is 2. The molecule has 0 saturated carbocycles. The molecule has 2 rings (SSSR count). The predicted molar refractivity (Wildman–Crippen MR) is 82.1 cm³/mol. The summed E-state index contributed by atoms with van der Waals surface area (Å²) in [5.74, 6) is -1.76.